The largest absolute Gasteiger partial charge is 0.385 e. The van der Waals surface area contributed by atoms with E-state index in [0.29, 0.717) is 5.41 Å². The van der Waals surface area contributed by atoms with E-state index in [-0.39, 0.29) is 5.54 Å². The van der Waals surface area contributed by atoms with Crippen molar-refractivity contribution in [2.75, 3.05) is 33.9 Å². The van der Waals surface area contributed by atoms with E-state index in [0.717, 1.165) is 32.0 Å². The molecule has 0 bridgehead atoms. The first kappa shape index (κ1) is 17.9. The highest BCUT2D eigenvalue weighted by Gasteiger charge is 2.40. The zero-order valence-corrected chi connectivity index (χ0v) is 14.4. The van der Waals surface area contributed by atoms with Crippen molar-refractivity contribution >= 4 is 0 Å². The van der Waals surface area contributed by atoms with E-state index in [4.69, 9.17) is 10.5 Å². The Morgan fingerprint density at radius 1 is 1.30 bits per heavy atom. The average Bonchev–Trinajstić information content (AvgIpc) is 2.47. The van der Waals surface area contributed by atoms with E-state index in [1.54, 1.807) is 7.11 Å². The highest BCUT2D eigenvalue weighted by Crippen LogP contribution is 2.44. The van der Waals surface area contributed by atoms with E-state index in [2.05, 4.69) is 32.7 Å². The molecule has 1 fully saturated rings. The second-order valence-electron chi connectivity index (χ2n) is 7.31. The molecule has 0 unspecified atom stereocenters. The van der Waals surface area contributed by atoms with Gasteiger partial charge in [0.15, 0.2) is 0 Å². The number of hydrogen-bond donors (Lipinski definition) is 1. The third-order valence-electron chi connectivity index (χ3n) is 5.96. The summed E-state index contributed by atoms with van der Waals surface area (Å²) in [6, 6.07) is 0. The summed E-state index contributed by atoms with van der Waals surface area (Å²) in [6.07, 6.45) is 7.52. The van der Waals surface area contributed by atoms with Crippen molar-refractivity contribution in [1.82, 2.24) is 4.90 Å². The summed E-state index contributed by atoms with van der Waals surface area (Å²) < 4.78 is 5.16. The molecule has 0 aliphatic heterocycles. The minimum Gasteiger partial charge on any atom is -0.385 e. The Kier molecular flexibility index (Phi) is 6.96. The van der Waals surface area contributed by atoms with Crippen LogP contribution in [0.15, 0.2) is 0 Å². The van der Waals surface area contributed by atoms with Crippen LogP contribution in [-0.2, 0) is 4.74 Å². The fourth-order valence-corrected chi connectivity index (χ4v) is 3.65. The molecule has 0 atom stereocenters. The van der Waals surface area contributed by atoms with Crippen LogP contribution in [0.3, 0.4) is 0 Å². The molecule has 0 aromatic rings. The quantitative estimate of drug-likeness (QED) is 0.695. The molecule has 0 amide bonds. The predicted molar refractivity (Wildman–Crippen MR) is 86.9 cm³/mol. The number of methoxy groups -OCH3 is 1. The van der Waals surface area contributed by atoms with Crippen LogP contribution in [0, 0.1) is 11.3 Å². The van der Waals surface area contributed by atoms with Gasteiger partial charge in [-0.15, -0.1) is 0 Å². The summed E-state index contributed by atoms with van der Waals surface area (Å²) in [5.74, 6) is 0.861. The topological polar surface area (TPSA) is 38.5 Å². The zero-order chi connectivity index (χ0) is 15.2. The lowest BCUT2D eigenvalue weighted by Gasteiger charge is -2.49. The van der Waals surface area contributed by atoms with E-state index >= 15 is 0 Å². The molecular formula is C17H36N2O. The first-order valence-corrected chi connectivity index (χ1v) is 8.32. The van der Waals surface area contributed by atoms with Crippen molar-refractivity contribution < 1.29 is 4.74 Å². The second kappa shape index (κ2) is 7.77. The van der Waals surface area contributed by atoms with Crippen LogP contribution >= 0.6 is 0 Å². The Bertz CT molecular complexity index is 270. The minimum absolute atomic E-state index is 0.230. The number of likely N-dealkylation sites (N-methyl/N-ethyl adjacent to an activating group) is 1. The van der Waals surface area contributed by atoms with Crippen LogP contribution in [0.4, 0.5) is 0 Å². The maximum Gasteiger partial charge on any atom is 0.0474 e. The standard InChI is InChI=1S/C17H36N2O/c1-6-16(2,3)15-8-10-17(14-18,11-9-15)19(4)12-7-13-20-5/h15H,6-14,18H2,1-5H3. The number of hydrogen-bond acceptors (Lipinski definition) is 3. The van der Waals surface area contributed by atoms with E-state index in [1.165, 1.54) is 32.1 Å². The van der Waals surface area contributed by atoms with Crippen LogP contribution in [0.2, 0.25) is 0 Å². The van der Waals surface area contributed by atoms with Gasteiger partial charge >= 0.3 is 0 Å². The molecule has 0 aromatic heterocycles. The molecule has 0 saturated heterocycles. The molecule has 0 radical (unpaired) electrons. The summed E-state index contributed by atoms with van der Waals surface area (Å²) in [5, 5.41) is 0. The van der Waals surface area contributed by atoms with Crippen LogP contribution < -0.4 is 5.73 Å². The smallest absolute Gasteiger partial charge is 0.0474 e. The SMILES string of the molecule is CCC(C)(C)C1CCC(CN)(N(C)CCCOC)CC1. The van der Waals surface area contributed by atoms with Crippen LogP contribution in [0.1, 0.15) is 59.3 Å². The van der Waals surface area contributed by atoms with Crippen molar-refractivity contribution in [3.8, 4) is 0 Å². The van der Waals surface area contributed by atoms with Gasteiger partial charge in [-0.05, 0) is 50.5 Å². The van der Waals surface area contributed by atoms with E-state index in [1.807, 2.05) is 0 Å². The first-order valence-electron chi connectivity index (χ1n) is 8.32. The number of rotatable bonds is 8. The van der Waals surface area contributed by atoms with Crippen LogP contribution in [0.25, 0.3) is 0 Å². The summed E-state index contributed by atoms with van der Waals surface area (Å²) in [4.78, 5) is 2.50. The molecule has 120 valence electrons. The molecular weight excluding hydrogens is 248 g/mol. The van der Waals surface area contributed by atoms with Gasteiger partial charge in [-0.25, -0.2) is 0 Å². The summed E-state index contributed by atoms with van der Waals surface area (Å²) in [5.41, 5.74) is 6.87. The minimum atomic E-state index is 0.230. The van der Waals surface area contributed by atoms with Crippen LogP contribution in [-0.4, -0.2) is 44.3 Å². The molecule has 3 heteroatoms. The van der Waals surface area contributed by atoms with Gasteiger partial charge in [-0.2, -0.15) is 0 Å². The van der Waals surface area contributed by atoms with Gasteiger partial charge in [0, 0.05) is 32.3 Å². The van der Waals surface area contributed by atoms with E-state index in [9.17, 15) is 0 Å². The van der Waals surface area contributed by atoms with Crippen molar-refractivity contribution in [2.24, 2.45) is 17.1 Å². The highest BCUT2D eigenvalue weighted by molar-refractivity contribution is 4.97. The van der Waals surface area contributed by atoms with Crippen molar-refractivity contribution in [3.63, 3.8) is 0 Å². The maximum absolute atomic E-state index is 6.16. The van der Waals surface area contributed by atoms with Gasteiger partial charge in [0.2, 0.25) is 0 Å². The summed E-state index contributed by atoms with van der Waals surface area (Å²) in [7, 11) is 4.02. The average molecular weight is 284 g/mol. The third-order valence-corrected chi connectivity index (χ3v) is 5.96. The normalized spacial score (nSPS) is 28.1. The molecule has 0 aromatic carbocycles. The molecule has 3 nitrogen and oxygen atoms in total. The Labute approximate surface area is 126 Å². The van der Waals surface area contributed by atoms with E-state index < -0.39 is 0 Å². The van der Waals surface area contributed by atoms with Crippen molar-refractivity contribution in [2.45, 2.75) is 64.8 Å². The lowest BCUT2D eigenvalue weighted by molar-refractivity contribution is 0.0279. The highest BCUT2D eigenvalue weighted by atomic mass is 16.5. The monoisotopic (exact) mass is 284 g/mol. The Balaban J connectivity index is 2.57. The molecule has 1 saturated carbocycles. The maximum atomic E-state index is 6.16. The zero-order valence-electron chi connectivity index (χ0n) is 14.4. The third kappa shape index (κ3) is 4.19. The van der Waals surface area contributed by atoms with Crippen molar-refractivity contribution in [3.05, 3.63) is 0 Å². The molecule has 1 rings (SSSR count). The number of ether oxygens (including phenoxy) is 1. The predicted octanol–water partition coefficient (Wildman–Crippen LogP) is 3.28. The number of nitrogens with zero attached hydrogens (tertiary/aromatic N) is 1. The Morgan fingerprint density at radius 3 is 2.35 bits per heavy atom. The van der Waals surface area contributed by atoms with Gasteiger partial charge in [-0.1, -0.05) is 27.2 Å². The Hall–Kier alpha value is -0.120. The molecule has 20 heavy (non-hydrogen) atoms. The molecule has 1 aliphatic carbocycles. The van der Waals surface area contributed by atoms with Gasteiger partial charge in [0.1, 0.15) is 0 Å². The number of nitrogens with two attached hydrogens (primary N) is 1. The lowest BCUT2D eigenvalue weighted by Crippen LogP contribution is -2.55. The molecule has 1 aliphatic rings. The van der Waals surface area contributed by atoms with Gasteiger partial charge in [-0.3, -0.25) is 4.90 Å². The second-order valence-corrected chi connectivity index (χ2v) is 7.31. The summed E-state index contributed by atoms with van der Waals surface area (Å²) >= 11 is 0. The first-order chi connectivity index (χ1) is 9.41. The summed E-state index contributed by atoms with van der Waals surface area (Å²) in [6.45, 7) is 9.89. The lowest BCUT2D eigenvalue weighted by atomic mass is 9.65. The molecule has 2 N–H and O–H groups in total. The van der Waals surface area contributed by atoms with Gasteiger partial charge in [0.25, 0.3) is 0 Å². The van der Waals surface area contributed by atoms with Crippen LogP contribution in [0.5, 0.6) is 0 Å². The van der Waals surface area contributed by atoms with Gasteiger partial charge < -0.3 is 10.5 Å². The molecule has 0 spiro atoms. The Morgan fingerprint density at radius 2 is 1.90 bits per heavy atom. The van der Waals surface area contributed by atoms with Gasteiger partial charge in [0.05, 0.1) is 0 Å². The molecule has 0 heterocycles. The van der Waals surface area contributed by atoms with Crippen molar-refractivity contribution in [1.29, 1.82) is 0 Å². The fraction of sp³-hybridized carbons (Fsp3) is 1.00. The fourth-order valence-electron chi connectivity index (χ4n) is 3.65.